The standard InChI is InChI=1S/C20H24N4O4S2/c1-19(26,27)11-9-15(29-10-11)30(21,28)24-18(25)23-16-12-3-2-4-14(12)22-17-13(16)5-6-20(17)7-8-20/h9-10,26-27H,2-8H2,1H3,(H3,21,22,23,24,25,28). The molecule has 0 saturated heterocycles. The van der Waals surface area contributed by atoms with Crippen LogP contribution in [0.3, 0.4) is 0 Å². The van der Waals surface area contributed by atoms with Gasteiger partial charge >= 0.3 is 6.03 Å². The van der Waals surface area contributed by atoms with E-state index >= 15 is 0 Å². The molecule has 1 unspecified atom stereocenters. The Kier molecular flexibility index (Phi) is 4.40. The van der Waals surface area contributed by atoms with Crippen LogP contribution in [0, 0.1) is 0 Å². The molecule has 1 saturated carbocycles. The van der Waals surface area contributed by atoms with Crippen LogP contribution in [0.15, 0.2) is 20.0 Å². The summed E-state index contributed by atoms with van der Waals surface area (Å²) in [6.45, 7) is 1.19. The Morgan fingerprint density at radius 3 is 2.73 bits per heavy atom. The van der Waals surface area contributed by atoms with E-state index in [1.165, 1.54) is 18.4 Å². The maximum absolute atomic E-state index is 12.9. The van der Waals surface area contributed by atoms with E-state index in [0.29, 0.717) is 0 Å². The van der Waals surface area contributed by atoms with Gasteiger partial charge in [0.1, 0.15) is 4.21 Å². The molecule has 10 heteroatoms. The predicted molar refractivity (Wildman–Crippen MR) is 114 cm³/mol. The van der Waals surface area contributed by atoms with Crippen LogP contribution >= 0.6 is 11.3 Å². The summed E-state index contributed by atoms with van der Waals surface area (Å²) in [6, 6.07) is 0.551. The second kappa shape index (κ2) is 6.57. The molecule has 1 atom stereocenters. The van der Waals surface area contributed by atoms with Gasteiger partial charge in [-0.05, 0) is 69.1 Å². The molecule has 0 bridgehead atoms. The number of urea groups is 1. The zero-order valence-corrected chi connectivity index (χ0v) is 18.2. The molecule has 1 fully saturated rings. The molecule has 160 valence electrons. The number of pyridine rings is 1. The second-order valence-electron chi connectivity index (χ2n) is 8.64. The van der Waals surface area contributed by atoms with E-state index in [1.807, 2.05) is 0 Å². The molecule has 5 N–H and O–H groups in total. The highest BCUT2D eigenvalue weighted by molar-refractivity contribution is 7.93. The number of hydrogen-bond donors (Lipinski definition) is 4. The summed E-state index contributed by atoms with van der Waals surface area (Å²) < 4.78 is 16.8. The number of hydrogen-bond acceptors (Lipinski definition) is 6. The minimum absolute atomic E-state index is 0.115. The van der Waals surface area contributed by atoms with Gasteiger partial charge in [0.05, 0.1) is 11.4 Å². The fourth-order valence-corrected chi connectivity index (χ4v) is 6.81. The summed E-state index contributed by atoms with van der Waals surface area (Å²) >= 11 is 0.976. The van der Waals surface area contributed by atoms with Gasteiger partial charge in [0.25, 0.3) is 0 Å². The zero-order chi connectivity index (χ0) is 21.3. The summed E-state index contributed by atoms with van der Waals surface area (Å²) in [6.07, 6.45) is 7.01. The van der Waals surface area contributed by atoms with E-state index in [0.717, 1.165) is 84.5 Å². The number of nitrogens with two attached hydrogens (primary N) is 1. The lowest BCUT2D eigenvalue weighted by molar-refractivity contribution is -0.152. The van der Waals surface area contributed by atoms with Gasteiger partial charge in [-0.15, -0.1) is 15.7 Å². The van der Waals surface area contributed by atoms with Gasteiger partial charge in [-0.1, -0.05) is 0 Å². The van der Waals surface area contributed by atoms with E-state index in [4.69, 9.17) is 10.1 Å². The van der Waals surface area contributed by atoms with Crippen LogP contribution in [-0.4, -0.2) is 25.4 Å². The Hall–Kier alpha value is -1.85. The first-order valence-corrected chi connectivity index (χ1v) is 12.5. The van der Waals surface area contributed by atoms with E-state index in [9.17, 15) is 19.2 Å². The molecular weight excluding hydrogens is 424 g/mol. The van der Waals surface area contributed by atoms with E-state index in [2.05, 4.69) is 9.68 Å². The average molecular weight is 449 g/mol. The summed E-state index contributed by atoms with van der Waals surface area (Å²) in [5.74, 6) is -2.08. The Labute approximate surface area is 178 Å². The van der Waals surface area contributed by atoms with Crippen molar-refractivity contribution in [1.29, 1.82) is 0 Å². The van der Waals surface area contributed by atoms with Crippen molar-refractivity contribution >= 4 is 33.0 Å². The highest BCUT2D eigenvalue weighted by Crippen LogP contribution is 2.58. The Morgan fingerprint density at radius 1 is 1.30 bits per heavy atom. The van der Waals surface area contributed by atoms with Crippen LogP contribution in [0.4, 0.5) is 10.5 Å². The van der Waals surface area contributed by atoms with Gasteiger partial charge in [-0.2, -0.15) is 0 Å². The Balaban J connectivity index is 1.48. The minimum atomic E-state index is -3.51. The zero-order valence-electron chi connectivity index (χ0n) is 16.6. The van der Waals surface area contributed by atoms with Crippen LogP contribution in [0.5, 0.6) is 0 Å². The predicted octanol–water partition coefficient (Wildman–Crippen LogP) is 2.70. The molecule has 2 aromatic rings. The molecule has 3 aliphatic rings. The fourth-order valence-electron chi connectivity index (χ4n) is 4.59. The van der Waals surface area contributed by atoms with Crippen molar-refractivity contribution in [2.75, 3.05) is 5.32 Å². The monoisotopic (exact) mass is 448 g/mol. The van der Waals surface area contributed by atoms with Gasteiger partial charge in [0.15, 0.2) is 15.7 Å². The molecule has 2 aromatic heterocycles. The van der Waals surface area contributed by atoms with Crippen molar-refractivity contribution < 1.29 is 19.2 Å². The van der Waals surface area contributed by atoms with Crippen LogP contribution in [0.1, 0.15) is 60.7 Å². The number of aromatic nitrogens is 1. The molecule has 0 radical (unpaired) electrons. The number of nitrogens with zero attached hydrogens (tertiary/aromatic N) is 2. The van der Waals surface area contributed by atoms with Crippen molar-refractivity contribution in [3.05, 3.63) is 39.5 Å². The molecule has 30 heavy (non-hydrogen) atoms. The molecule has 2 heterocycles. The molecule has 2 amide bonds. The number of carbonyl (C=O) groups excluding carboxylic acids is 1. The summed E-state index contributed by atoms with van der Waals surface area (Å²) in [4.78, 5) is 17.7. The number of carbonyl (C=O) groups is 1. The number of rotatable bonds is 3. The third-order valence-electron chi connectivity index (χ3n) is 6.40. The second-order valence-corrected chi connectivity index (χ2v) is 11.6. The number of thiophene rings is 1. The summed E-state index contributed by atoms with van der Waals surface area (Å²) in [7, 11) is -3.51. The number of aliphatic hydroxyl groups is 2. The third-order valence-corrected chi connectivity index (χ3v) is 9.25. The quantitative estimate of drug-likeness (QED) is 0.535. The topological polar surface area (TPSA) is 138 Å². The van der Waals surface area contributed by atoms with Gasteiger partial charge < -0.3 is 15.5 Å². The Morgan fingerprint density at radius 2 is 2.07 bits per heavy atom. The molecule has 1 spiro atoms. The first-order chi connectivity index (χ1) is 14.1. The maximum Gasteiger partial charge on any atom is 0.354 e. The molecule has 0 aliphatic heterocycles. The lowest BCUT2D eigenvalue weighted by Gasteiger charge is -2.16. The number of aryl methyl sites for hydroxylation is 1. The van der Waals surface area contributed by atoms with Crippen molar-refractivity contribution in [3.63, 3.8) is 0 Å². The highest BCUT2D eigenvalue weighted by Gasteiger charge is 2.51. The average Bonchev–Trinajstić information content (AvgIpc) is 3.05. The van der Waals surface area contributed by atoms with Crippen LogP contribution in [0.2, 0.25) is 0 Å². The van der Waals surface area contributed by atoms with Crippen molar-refractivity contribution in [2.24, 2.45) is 9.50 Å². The van der Waals surface area contributed by atoms with Crippen molar-refractivity contribution in [1.82, 2.24) is 4.98 Å². The fraction of sp³-hybridized carbons (Fsp3) is 0.500. The summed E-state index contributed by atoms with van der Waals surface area (Å²) in [5.41, 5.74) is 5.46. The van der Waals surface area contributed by atoms with Crippen LogP contribution in [-0.2, 0) is 40.4 Å². The molecule has 5 rings (SSSR count). The molecular formula is C20H24N4O4S2. The van der Waals surface area contributed by atoms with Crippen molar-refractivity contribution in [3.8, 4) is 0 Å². The van der Waals surface area contributed by atoms with Crippen LogP contribution in [0.25, 0.3) is 0 Å². The number of amides is 2. The van der Waals surface area contributed by atoms with Gasteiger partial charge in [-0.3, -0.25) is 4.98 Å². The normalized spacial score (nSPS) is 20.5. The lowest BCUT2D eigenvalue weighted by Crippen LogP contribution is -2.20. The van der Waals surface area contributed by atoms with Crippen LogP contribution < -0.4 is 10.5 Å². The van der Waals surface area contributed by atoms with Gasteiger partial charge in [0, 0.05) is 22.1 Å². The first kappa shape index (κ1) is 20.1. The number of nitrogens with one attached hydrogen (secondary N) is 1. The molecule has 0 aromatic carbocycles. The van der Waals surface area contributed by atoms with E-state index < -0.39 is 21.7 Å². The SMILES string of the molecule is CC(O)(O)c1csc(S(N)(=O)=NC(=O)Nc2c3c(nc4c2CCC42CC2)CCC3)c1. The van der Waals surface area contributed by atoms with Gasteiger partial charge in [-0.25, -0.2) is 14.1 Å². The van der Waals surface area contributed by atoms with E-state index in [-0.39, 0.29) is 15.2 Å². The maximum atomic E-state index is 12.9. The third kappa shape index (κ3) is 3.27. The Bertz CT molecular complexity index is 1180. The largest absolute Gasteiger partial charge is 0.362 e. The van der Waals surface area contributed by atoms with E-state index in [1.54, 1.807) is 0 Å². The number of fused-ring (bicyclic) bond motifs is 3. The number of anilines is 1. The lowest BCUT2D eigenvalue weighted by atomic mass is 10.0. The highest BCUT2D eigenvalue weighted by atomic mass is 32.2. The van der Waals surface area contributed by atoms with Gasteiger partial charge in [0.2, 0.25) is 0 Å². The smallest absolute Gasteiger partial charge is 0.354 e. The van der Waals surface area contributed by atoms with Crippen molar-refractivity contribution in [2.45, 2.75) is 67.3 Å². The first-order valence-electron chi connectivity index (χ1n) is 10.0. The molecule has 8 nitrogen and oxygen atoms in total. The minimum Gasteiger partial charge on any atom is -0.362 e. The molecule has 3 aliphatic carbocycles. The summed E-state index contributed by atoms with van der Waals surface area (Å²) in [5, 5.41) is 29.5.